The summed E-state index contributed by atoms with van der Waals surface area (Å²) in [7, 11) is 0. The lowest BCUT2D eigenvalue weighted by Crippen LogP contribution is -2.10. The van der Waals surface area contributed by atoms with Crippen molar-refractivity contribution in [3.63, 3.8) is 0 Å². The summed E-state index contributed by atoms with van der Waals surface area (Å²) < 4.78 is 40.2. The normalized spacial score (nSPS) is 12.7. The summed E-state index contributed by atoms with van der Waals surface area (Å²) in [6.45, 7) is 1.98. The molecule has 19 heavy (non-hydrogen) atoms. The molecule has 2 aromatic rings. The topological polar surface area (TPSA) is 56.7 Å². The molecule has 1 aromatic carbocycles. The smallest absolute Gasteiger partial charge is 0.194 e. The van der Waals surface area contributed by atoms with Crippen LogP contribution in [0.25, 0.3) is 5.69 Å². The van der Waals surface area contributed by atoms with Gasteiger partial charge in [0, 0.05) is 12.1 Å². The van der Waals surface area contributed by atoms with Gasteiger partial charge in [-0.25, -0.2) is 17.9 Å². The van der Waals surface area contributed by atoms with Crippen molar-refractivity contribution in [2.75, 3.05) is 0 Å². The zero-order valence-corrected chi connectivity index (χ0v) is 10.3. The summed E-state index contributed by atoms with van der Waals surface area (Å²) in [5, 5.41) is 7.57. The van der Waals surface area contributed by atoms with Gasteiger partial charge in [0.25, 0.3) is 0 Å². The van der Waals surface area contributed by atoms with Crippen LogP contribution >= 0.6 is 0 Å². The van der Waals surface area contributed by atoms with E-state index in [0.29, 0.717) is 5.69 Å². The van der Waals surface area contributed by atoms with Crippen LogP contribution < -0.4 is 5.73 Å². The Morgan fingerprint density at radius 2 is 1.89 bits per heavy atom. The van der Waals surface area contributed by atoms with E-state index in [9.17, 15) is 13.2 Å². The second kappa shape index (κ2) is 5.40. The second-order valence-corrected chi connectivity index (χ2v) is 4.21. The summed E-state index contributed by atoms with van der Waals surface area (Å²) in [6, 6.07) is 1.42. The Morgan fingerprint density at radius 3 is 2.47 bits per heavy atom. The van der Waals surface area contributed by atoms with Gasteiger partial charge in [-0.15, -0.1) is 5.10 Å². The Labute approximate surface area is 108 Å². The molecule has 0 aliphatic carbocycles. The Kier molecular flexibility index (Phi) is 3.84. The Hall–Kier alpha value is -1.89. The van der Waals surface area contributed by atoms with Crippen LogP contribution in [-0.2, 0) is 0 Å². The minimum absolute atomic E-state index is 0.0545. The van der Waals surface area contributed by atoms with Crippen molar-refractivity contribution in [1.29, 1.82) is 0 Å². The van der Waals surface area contributed by atoms with E-state index >= 15 is 0 Å². The average molecular weight is 270 g/mol. The first-order valence-electron chi connectivity index (χ1n) is 5.85. The van der Waals surface area contributed by atoms with E-state index in [2.05, 4.69) is 10.3 Å². The van der Waals surface area contributed by atoms with Gasteiger partial charge in [0.05, 0.1) is 23.6 Å². The molecule has 0 bridgehead atoms. The number of benzene rings is 1. The molecule has 2 rings (SSSR count). The maximum absolute atomic E-state index is 13.1. The van der Waals surface area contributed by atoms with Crippen molar-refractivity contribution >= 4 is 0 Å². The highest BCUT2D eigenvalue weighted by Gasteiger charge is 2.14. The number of hydrogen-bond acceptors (Lipinski definition) is 3. The quantitative estimate of drug-likeness (QED) is 0.868. The van der Waals surface area contributed by atoms with E-state index in [-0.39, 0.29) is 11.7 Å². The molecular formula is C12H13F3N4. The van der Waals surface area contributed by atoms with Crippen LogP contribution in [0, 0.1) is 17.5 Å². The standard InChI is InChI=1S/C12H13F3N4/c1-2-3-10(16)11-6-19(18-17-11)7-4-8(13)12(15)9(14)5-7/h4-6,10H,2-3,16H2,1H3. The molecule has 0 fully saturated rings. The maximum atomic E-state index is 13.1. The minimum Gasteiger partial charge on any atom is -0.323 e. The highest BCUT2D eigenvalue weighted by atomic mass is 19.2. The third-order valence-electron chi connectivity index (χ3n) is 2.72. The maximum Gasteiger partial charge on any atom is 0.194 e. The largest absolute Gasteiger partial charge is 0.323 e. The summed E-state index contributed by atoms with van der Waals surface area (Å²) >= 11 is 0. The average Bonchev–Trinajstić information content (AvgIpc) is 2.85. The number of halogens is 3. The zero-order chi connectivity index (χ0) is 14.0. The van der Waals surface area contributed by atoms with E-state index in [1.165, 1.54) is 6.20 Å². The van der Waals surface area contributed by atoms with Crippen molar-refractivity contribution in [1.82, 2.24) is 15.0 Å². The lowest BCUT2D eigenvalue weighted by Gasteiger charge is -2.05. The Balaban J connectivity index is 2.33. The Bertz CT molecular complexity index is 559. The first kappa shape index (κ1) is 13.5. The number of rotatable bonds is 4. The molecule has 4 nitrogen and oxygen atoms in total. The number of hydrogen-bond donors (Lipinski definition) is 1. The lowest BCUT2D eigenvalue weighted by molar-refractivity contribution is 0.446. The van der Waals surface area contributed by atoms with Crippen LogP contribution in [0.1, 0.15) is 31.5 Å². The van der Waals surface area contributed by atoms with Crippen molar-refractivity contribution < 1.29 is 13.2 Å². The Morgan fingerprint density at radius 1 is 1.26 bits per heavy atom. The van der Waals surface area contributed by atoms with E-state index in [0.717, 1.165) is 29.7 Å². The molecule has 0 aliphatic rings. The fraction of sp³-hybridized carbons (Fsp3) is 0.333. The van der Waals surface area contributed by atoms with Crippen LogP contribution in [0.4, 0.5) is 13.2 Å². The molecule has 1 unspecified atom stereocenters. The summed E-state index contributed by atoms with van der Waals surface area (Å²) in [5.74, 6) is -4.05. The van der Waals surface area contributed by atoms with Gasteiger partial charge < -0.3 is 5.73 Å². The summed E-state index contributed by atoms with van der Waals surface area (Å²) in [5.41, 5.74) is 6.43. The molecule has 102 valence electrons. The lowest BCUT2D eigenvalue weighted by atomic mass is 10.1. The number of nitrogens with two attached hydrogens (primary N) is 1. The molecule has 7 heteroatoms. The van der Waals surface area contributed by atoms with E-state index in [4.69, 9.17) is 5.73 Å². The van der Waals surface area contributed by atoms with E-state index in [1.807, 2.05) is 6.92 Å². The zero-order valence-electron chi connectivity index (χ0n) is 10.3. The van der Waals surface area contributed by atoms with Gasteiger partial charge in [0.1, 0.15) is 0 Å². The number of nitrogens with zero attached hydrogens (tertiary/aromatic N) is 3. The summed E-state index contributed by atoms with van der Waals surface area (Å²) in [4.78, 5) is 0. The highest BCUT2D eigenvalue weighted by molar-refractivity contribution is 5.32. The van der Waals surface area contributed by atoms with Gasteiger partial charge in [-0.05, 0) is 6.42 Å². The molecule has 0 amide bonds. The van der Waals surface area contributed by atoms with Crippen molar-refractivity contribution in [2.45, 2.75) is 25.8 Å². The van der Waals surface area contributed by atoms with Gasteiger partial charge in [-0.2, -0.15) is 0 Å². The van der Waals surface area contributed by atoms with Crippen LogP contribution in [0.2, 0.25) is 0 Å². The van der Waals surface area contributed by atoms with Gasteiger partial charge in [0.15, 0.2) is 17.5 Å². The van der Waals surface area contributed by atoms with E-state index < -0.39 is 17.5 Å². The minimum atomic E-state index is -1.51. The molecule has 1 aromatic heterocycles. The first-order chi connectivity index (χ1) is 9.02. The predicted octanol–water partition coefficient (Wildman–Crippen LogP) is 2.48. The third kappa shape index (κ3) is 2.76. The fourth-order valence-electron chi connectivity index (χ4n) is 1.71. The van der Waals surface area contributed by atoms with Crippen LogP contribution in [0.5, 0.6) is 0 Å². The molecule has 0 aliphatic heterocycles. The van der Waals surface area contributed by atoms with Crippen molar-refractivity contribution in [3.05, 3.63) is 41.5 Å². The third-order valence-corrected chi connectivity index (χ3v) is 2.72. The SMILES string of the molecule is CCCC(N)c1cn(-c2cc(F)c(F)c(F)c2)nn1. The van der Waals surface area contributed by atoms with Gasteiger partial charge in [-0.3, -0.25) is 0 Å². The van der Waals surface area contributed by atoms with Crippen molar-refractivity contribution in [3.8, 4) is 5.69 Å². The second-order valence-electron chi connectivity index (χ2n) is 4.21. The molecule has 0 spiro atoms. The fourth-order valence-corrected chi connectivity index (χ4v) is 1.71. The molecule has 0 saturated carbocycles. The first-order valence-corrected chi connectivity index (χ1v) is 5.85. The molecule has 1 heterocycles. The molecule has 2 N–H and O–H groups in total. The predicted molar refractivity (Wildman–Crippen MR) is 63.1 cm³/mol. The number of aromatic nitrogens is 3. The van der Waals surface area contributed by atoms with Crippen LogP contribution in [0.15, 0.2) is 18.3 Å². The molecule has 0 saturated heterocycles. The monoisotopic (exact) mass is 270 g/mol. The van der Waals surface area contributed by atoms with Crippen LogP contribution in [-0.4, -0.2) is 15.0 Å². The molecule has 0 radical (unpaired) electrons. The molecule has 1 atom stereocenters. The van der Waals surface area contributed by atoms with Crippen LogP contribution in [0.3, 0.4) is 0 Å². The summed E-state index contributed by atoms with van der Waals surface area (Å²) in [6.07, 6.45) is 3.09. The van der Waals surface area contributed by atoms with E-state index in [1.54, 1.807) is 0 Å². The molecular weight excluding hydrogens is 257 g/mol. The van der Waals surface area contributed by atoms with Gasteiger partial charge in [-0.1, -0.05) is 18.6 Å². The highest BCUT2D eigenvalue weighted by Crippen LogP contribution is 2.18. The van der Waals surface area contributed by atoms with Gasteiger partial charge in [0.2, 0.25) is 0 Å². The van der Waals surface area contributed by atoms with Gasteiger partial charge >= 0.3 is 0 Å². The van der Waals surface area contributed by atoms with Crippen molar-refractivity contribution in [2.24, 2.45) is 5.73 Å².